The Morgan fingerprint density at radius 2 is 1.97 bits per heavy atom. The Morgan fingerprint density at radius 3 is 2.55 bits per heavy atom. The van der Waals surface area contributed by atoms with E-state index in [1.165, 1.54) is 26.5 Å². The Labute approximate surface area is 179 Å². The molecule has 1 heterocycles. The summed E-state index contributed by atoms with van der Waals surface area (Å²) in [4.78, 5) is -0.715. The third kappa shape index (κ3) is 4.94. The number of hydrogen-bond donors (Lipinski definition) is 1. The standard InChI is InChI=1S/C20H26F3N3O4S/c1-29-6-5-26-12-15(11-25-26)13-3-4-19(17(8-13)20(21,22)23)31(27,28)16-7-14(10-24)18(9-16)30-2/h3-4,8,11-12,14,16,18H,5-7,9-10,24H2,1-2H3/t14-,16+,18+/m0/s1. The van der Waals surface area contributed by atoms with Crippen LogP contribution in [0.15, 0.2) is 35.5 Å². The molecule has 0 saturated heterocycles. The van der Waals surface area contributed by atoms with Crippen molar-refractivity contribution in [3.63, 3.8) is 0 Å². The summed E-state index contributed by atoms with van der Waals surface area (Å²) in [6, 6.07) is 3.29. The molecule has 0 bridgehead atoms. The molecule has 11 heteroatoms. The van der Waals surface area contributed by atoms with Crippen LogP contribution < -0.4 is 5.73 Å². The van der Waals surface area contributed by atoms with E-state index in [1.807, 2.05) is 0 Å². The van der Waals surface area contributed by atoms with Gasteiger partial charge in [0.05, 0.1) is 41.2 Å². The number of methoxy groups -OCH3 is 2. The summed E-state index contributed by atoms with van der Waals surface area (Å²) in [6.45, 7) is 1.06. The number of halogens is 3. The van der Waals surface area contributed by atoms with Gasteiger partial charge in [0.2, 0.25) is 0 Å². The minimum absolute atomic E-state index is 0.117. The number of nitrogens with zero attached hydrogens (tertiary/aromatic N) is 2. The molecule has 1 aromatic carbocycles. The number of ether oxygens (including phenoxy) is 2. The van der Waals surface area contributed by atoms with Crippen LogP contribution in [-0.2, 0) is 32.0 Å². The topological polar surface area (TPSA) is 96.4 Å². The highest BCUT2D eigenvalue weighted by atomic mass is 32.2. The summed E-state index contributed by atoms with van der Waals surface area (Å²) in [5.74, 6) is -0.212. The molecule has 0 spiro atoms. The number of nitrogens with two attached hydrogens (primary N) is 1. The van der Waals surface area contributed by atoms with Crippen LogP contribution in [0.2, 0.25) is 0 Å². The molecule has 2 N–H and O–H groups in total. The van der Waals surface area contributed by atoms with Crippen molar-refractivity contribution in [2.75, 3.05) is 27.4 Å². The van der Waals surface area contributed by atoms with Crippen LogP contribution in [0, 0.1) is 5.92 Å². The average molecular weight is 462 g/mol. The quantitative estimate of drug-likeness (QED) is 0.650. The van der Waals surface area contributed by atoms with Gasteiger partial charge in [-0.25, -0.2) is 8.42 Å². The maximum Gasteiger partial charge on any atom is 0.417 e. The molecule has 172 valence electrons. The van der Waals surface area contributed by atoms with Crippen LogP contribution in [-0.4, -0.2) is 56.9 Å². The second kappa shape index (κ2) is 9.27. The molecule has 0 aliphatic heterocycles. The first-order valence-corrected chi connectivity index (χ1v) is 11.4. The van der Waals surface area contributed by atoms with Crippen molar-refractivity contribution in [3.8, 4) is 11.1 Å². The molecule has 31 heavy (non-hydrogen) atoms. The second-order valence-corrected chi connectivity index (χ2v) is 9.80. The number of aromatic nitrogens is 2. The van der Waals surface area contributed by atoms with Crippen molar-refractivity contribution >= 4 is 9.84 Å². The zero-order valence-corrected chi connectivity index (χ0v) is 18.1. The van der Waals surface area contributed by atoms with E-state index in [0.29, 0.717) is 18.7 Å². The lowest BCUT2D eigenvalue weighted by Crippen LogP contribution is -2.23. The molecule has 0 unspecified atom stereocenters. The van der Waals surface area contributed by atoms with Crippen LogP contribution in [0.1, 0.15) is 18.4 Å². The highest BCUT2D eigenvalue weighted by Gasteiger charge is 2.45. The molecule has 1 aliphatic rings. The molecule has 2 aromatic rings. The van der Waals surface area contributed by atoms with Crippen LogP contribution in [0.4, 0.5) is 13.2 Å². The summed E-state index contributed by atoms with van der Waals surface area (Å²) in [5.41, 5.74) is 5.19. The number of benzene rings is 1. The lowest BCUT2D eigenvalue weighted by molar-refractivity contribution is -0.139. The zero-order valence-electron chi connectivity index (χ0n) is 17.3. The summed E-state index contributed by atoms with van der Waals surface area (Å²) in [5, 5.41) is 3.13. The van der Waals surface area contributed by atoms with Gasteiger partial charge in [0.15, 0.2) is 9.84 Å². The van der Waals surface area contributed by atoms with E-state index in [0.717, 1.165) is 12.1 Å². The third-order valence-corrected chi connectivity index (χ3v) is 7.95. The lowest BCUT2D eigenvalue weighted by Gasteiger charge is -2.18. The van der Waals surface area contributed by atoms with Gasteiger partial charge in [0.1, 0.15) is 0 Å². The fourth-order valence-electron chi connectivity index (χ4n) is 4.01. The normalized spacial score (nSPS) is 22.2. The van der Waals surface area contributed by atoms with Crippen molar-refractivity contribution in [1.29, 1.82) is 0 Å². The highest BCUT2D eigenvalue weighted by molar-refractivity contribution is 7.92. The Kier molecular flexibility index (Phi) is 7.09. The monoisotopic (exact) mass is 461 g/mol. The summed E-state index contributed by atoms with van der Waals surface area (Å²) in [6.07, 6.45) is -1.91. The number of rotatable bonds is 8. The van der Waals surface area contributed by atoms with E-state index in [1.54, 1.807) is 10.9 Å². The summed E-state index contributed by atoms with van der Waals surface area (Å²) < 4.78 is 79.8. The van der Waals surface area contributed by atoms with Crippen LogP contribution in [0.5, 0.6) is 0 Å². The lowest BCUT2D eigenvalue weighted by atomic mass is 10.1. The minimum atomic E-state index is -4.84. The van der Waals surface area contributed by atoms with Gasteiger partial charge in [-0.3, -0.25) is 4.68 Å². The Morgan fingerprint density at radius 1 is 1.23 bits per heavy atom. The molecule has 3 atom stereocenters. The molecule has 0 amide bonds. The smallest absolute Gasteiger partial charge is 0.383 e. The predicted molar refractivity (Wildman–Crippen MR) is 108 cm³/mol. The SMILES string of the molecule is COCCn1cc(-c2ccc(S(=O)(=O)[C@@H]3C[C@@H](CN)[C@H](OC)C3)c(C(F)(F)F)c2)cn1. The van der Waals surface area contributed by atoms with E-state index in [2.05, 4.69) is 5.10 Å². The van der Waals surface area contributed by atoms with E-state index in [9.17, 15) is 21.6 Å². The first-order chi connectivity index (χ1) is 14.6. The van der Waals surface area contributed by atoms with E-state index in [-0.39, 0.29) is 30.9 Å². The molecule has 1 fully saturated rings. The maximum absolute atomic E-state index is 13.9. The van der Waals surface area contributed by atoms with Gasteiger partial charge < -0.3 is 15.2 Å². The molecule has 1 aromatic heterocycles. The van der Waals surface area contributed by atoms with E-state index in [4.69, 9.17) is 15.2 Å². The fraction of sp³-hybridized carbons (Fsp3) is 0.550. The molecule has 7 nitrogen and oxygen atoms in total. The molecule has 0 radical (unpaired) electrons. The summed E-state index contributed by atoms with van der Waals surface area (Å²) >= 11 is 0. The largest absolute Gasteiger partial charge is 0.417 e. The van der Waals surface area contributed by atoms with Gasteiger partial charge in [-0.05, 0) is 43.0 Å². The van der Waals surface area contributed by atoms with Crippen molar-refractivity contribution < 1.29 is 31.1 Å². The Hall–Kier alpha value is -1.95. The van der Waals surface area contributed by atoms with Gasteiger partial charge in [-0.15, -0.1) is 0 Å². The van der Waals surface area contributed by atoms with Gasteiger partial charge in [-0.1, -0.05) is 6.07 Å². The third-order valence-electron chi connectivity index (χ3n) is 5.71. The number of alkyl halides is 3. The van der Waals surface area contributed by atoms with Crippen LogP contribution >= 0.6 is 0 Å². The second-order valence-electron chi connectivity index (χ2n) is 7.60. The highest BCUT2D eigenvalue weighted by Crippen LogP contribution is 2.41. The predicted octanol–water partition coefficient (Wildman–Crippen LogP) is 2.74. The number of sulfone groups is 1. The molecular weight excluding hydrogens is 435 g/mol. The van der Waals surface area contributed by atoms with E-state index >= 15 is 0 Å². The van der Waals surface area contributed by atoms with Gasteiger partial charge in [-0.2, -0.15) is 18.3 Å². The fourth-order valence-corrected chi connectivity index (χ4v) is 6.05. The number of hydrogen-bond acceptors (Lipinski definition) is 6. The van der Waals surface area contributed by atoms with Crippen molar-refractivity contribution in [2.24, 2.45) is 11.7 Å². The summed E-state index contributed by atoms with van der Waals surface area (Å²) in [7, 11) is -1.25. The first-order valence-electron chi connectivity index (χ1n) is 9.81. The van der Waals surface area contributed by atoms with Gasteiger partial charge in [0.25, 0.3) is 0 Å². The van der Waals surface area contributed by atoms with E-state index < -0.39 is 37.8 Å². The molecule has 3 rings (SSSR count). The maximum atomic E-state index is 13.9. The zero-order chi connectivity index (χ0) is 22.8. The van der Waals surface area contributed by atoms with Crippen LogP contribution in [0.25, 0.3) is 11.1 Å². The molecule has 1 saturated carbocycles. The van der Waals surface area contributed by atoms with Gasteiger partial charge in [0, 0.05) is 26.0 Å². The van der Waals surface area contributed by atoms with Crippen molar-refractivity contribution in [1.82, 2.24) is 9.78 Å². The van der Waals surface area contributed by atoms with Crippen LogP contribution in [0.3, 0.4) is 0 Å². The van der Waals surface area contributed by atoms with Crippen molar-refractivity contribution in [2.45, 2.75) is 41.8 Å². The first kappa shape index (κ1) is 23.7. The molecular formula is C20H26F3N3O4S. The molecule has 1 aliphatic carbocycles. The van der Waals surface area contributed by atoms with Crippen molar-refractivity contribution in [3.05, 3.63) is 36.2 Å². The Balaban J connectivity index is 1.98. The average Bonchev–Trinajstić information content (AvgIpc) is 3.38. The Bertz CT molecular complexity index is 995. The minimum Gasteiger partial charge on any atom is -0.383 e. The van der Waals surface area contributed by atoms with Gasteiger partial charge >= 0.3 is 6.18 Å².